The largest absolute Gasteiger partial charge is 0.351 e. The van der Waals surface area contributed by atoms with Crippen molar-refractivity contribution >= 4 is 21.5 Å². The van der Waals surface area contributed by atoms with E-state index in [9.17, 15) is 10.1 Å². The van der Waals surface area contributed by atoms with E-state index in [4.69, 9.17) is 0 Å². The molecule has 0 aliphatic rings. The zero-order chi connectivity index (χ0) is 11.3. The van der Waals surface area contributed by atoms with Crippen molar-refractivity contribution in [3.63, 3.8) is 0 Å². The summed E-state index contributed by atoms with van der Waals surface area (Å²) < 4.78 is 0. The molecule has 15 heavy (non-hydrogen) atoms. The molecule has 0 spiro atoms. The van der Waals surface area contributed by atoms with Gasteiger partial charge in [-0.15, -0.1) is 0 Å². The summed E-state index contributed by atoms with van der Waals surface area (Å²) in [6, 6.07) is 0. The summed E-state index contributed by atoms with van der Waals surface area (Å²) in [5.74, 6) is 0. The first kappa shape index (κ1) is 11.9. The highest BCUT2D eigenvalue weighted by Gasteiger charge is 2.13. The average Bonchev–Trinajstić information content (AvgIpc) is 2.66. The normalized spacial score (nSPS) is 10.3. The lowest BCUT2D eigenvalue weighted by Crippen LogP contribution is -2.21. The molecule has 1 aromatic heterocycles. The second-order valence-corrected chi connectivity index (χ2v) is 4.10. The molecule has 0 bridgehead atoms. The van der Waals surface area contributed by atoms with Crippen molar-refractivity contribution in [1.82, 2.24) is 10.3 Å². The first-order valence-corrected chi connectivity index (χ1v) is 5.42. The Morgan fingerprint density at radius 3 is 3.00 bits per heavy atom. The first-order chi connectivity index (χ1) is 7.15. The van der Waals surface area contributed by atoms with Crippen LogP contribution in [-0.2, 0) is 0 Å². The van der Waals surface area contributed by atoms with Crippen LogP contribution < -0.4 is 10.2 Å². The quantitative estimate of drug-likeness (QED) is 0.450. The van der Waals surface area contributed by atoms with E-state index in [1.54, 1.807) is 0 Å². The highest BCUT2D eigenvalue weighted by molar-refractivity contribution is 7.18. The minimum Gasteiger partial charge on any atom is -0.351 e. The van der Waals surface area contributed by atoms with Gasteiger partial charge < -0.3 is 10.2 Å². The second-order valence-electron chi connectivity index (χ2n) is 3.12. The second kappa shape index (κ2) is 5.62. The molecule has 1 heterocycles. The van der Waals surface area contributed by atoms with Gasteiger partial charge in [0.15, 0.2) is 5.13 Å². The molecular weight excluding hydrogens is 216 g/mol. The van der Waals surface area contributed by atoms with Crippen molar-refractivity contribution in [1.29, 1.82) is 0 Å². The summed E-state index contributed by atoms with van der Waals surface area (Å²) in [5.41, 5.74) is 0. The molecular formula is C8H14N4O2S. The summed E-state index contributed by atoms with van der Waals surface area (Å²) in [6.07, 6.45) is 2.29. The van der Waals surface area contributed by atoms with Crippen LogP contribution in [0.5, 0.6) is 0 Å². The molecule has 0 aliphatic heterocycles. The van der Waals surface area contributed by atoms with Crippen LogP contribution in [0.1, 0.15) is 6.42 Å². The molecule has 0 amide bonds. The van der Waals surface area contributed by atoms with Crippen LogP contribution in [0.25, 0.3) is 0 Å². The van der Waals surface area contributed by atoms with Crippen molar-refractivity contribution in [2.75, 3.05) is 32.1 Å². The fourth-order valence-electron chi connectivity index (χ4n) is 1.11. The lowest BCUT2D eigenvalue weighted by atomic mass is 10.4. The molecule has 1 rings (SSSR count). The number of anilines is 1. The third-order valence-corrected chi connectivity index (χ3v) is 2.97. The Kier molecular flexibility index (Phi) is 4.44. The number of nitrogens with zero attached hydrogens (tertiary/aromatic N) is 3. The SMILES string of the molecule is CNCCCN(C)c1ncc([N+](=O)[O-])s1. The lowest BCUT2D eigenvalue weighted by Gasteiger charge is -2.14. The predicted molar refractivity (Wildman–Crippen MR) is 60.6 cm³/mol. The van der Waals surface area contributed by atoms with Crippen LogP contribution in [-0.4, -0.2) is 37.1 Å². The third-order valence-electron chi connectivity index (χ3n) is 1.91. The smallest absolute Gasteiger partial charge is 0.345 e. The van der Waals surface area contributed by atoms with E-state index >= 15 is 0 Å². The van der Waals surface area contributed by atoms with E-state index in [1.165, 1.54) is 6.20 Å². The number of rotatable bonds is 6. The van der Waals surface area contributed by atoms with Crippen molar-refractivity contribution in [2.24, 2.45) is 0 Å². The number of thiazole rings is 1. The zero-order valence-corrected chi connectivity index (χ0v) is 9.58. The minimum atomic E-state index is -0.414. The molecule has 0 unspecified atom stereocenters. The maximum atomic E-state index is 10.4. The number of hydrogen-bond donors (Lipinski definition) is 1. The summed E-state index contributed by atoms with van der Waals surface area (Å²) in [5, 5.41) is 14.3. The number of nitrogens with one attached hydrogen (secondary N) is 1. The Morgan fingerprint density at radius 2 is 2.47 bits per heavy atom. The molecule has 7 heteroatoms. The van der Waals surface area contributed by atoms with E-state index in [1.807, 2.05) is 19.0 Å². The monoisotopic (exact) mass is 230 g/mol. The Hall–Kier alpha value is -1.21. The fraction of sp³-hybridized carbons (Fsp3) is 0.625. The minimum absolute atomic E-state index is 0.0884. The molecule has 0 aliphatic carbocycles. The van der Waals surface area contributed by atoms with Crippen LogP contribution >= 0.6 is 11.3 Å². The third kappa shape index (κ3) is 3.45. The zero-order valence-electron chi connectivity index (χ0n) is 8.77. The Bertz CT molecular complexity index is 328. The van der Waals surface area contributed by atoms with Gasteiger partial charge in [-0.05, 0) is 31.4 Å². The number of hydrogen-bond acceptors (Lipinski definition) is 6. The van der Waals surface area contributed by atoms with Crippen molar-refractivity contribution in [3.05, 3.63) is 16.3 Å². The van der Waals surface area contributed by atoms with Gasteiger partial charge in [0.25, 0.3) is 0 Å². The van der Waals surface area contributed by atoms with Gasteiger partial charge in [0.05, 0.1) is 4.92 Å². The molecule has 0 saturated heterocycles. The van der Waals surface area contributed by atoms with Gasteiger partial charge in [0.2, 0.25) is 0 Å². The van der Waals surface area contributed by atoms with E-state index in [0.29, 0.717) is 5.13 Å². The Balaban J connectivity index is 2.50. The van der Waals surface area contributed by atoms with Crippen LogP contribution in [0.2, 0.25) is 0 Å². The van der Waals surface area contributed by atoms with E-state index in [-0.39, 0.29) is 5.00 Å². The molecule has 1 N–H and O–H groups in total. The lowest BCUT2D eigenvalue weighted by molar-refractivity contribution is -0.380. The van der Waals surface area contributed by atoms with Crippen molar-refractivity contribution < 1.29 is 4.92 Å². The van der Waals surface area contributed by atoms with E-state index in [0.717, 1.165) is 30.8 Å². The van der Waals surface area contributed by atoms with Crippen LogP contribution in [0.3, 0.4) is 0 Å². The summed E-state index contributed by atoms with van der Waals surface area (Å²) >= 11 is 1.10. The van der Waals surface area contributed by atoms with Crippen LogP contribution in [0, 0.1) is 10.1 Å². The summed E-state index contributed by atoms with van der Waals surface area (Å²) in [6.45, 7) is 1.77. The summed E-state index contributed by atoms with van der Waals surface area (Å²) in [4.78, 5) is 16.0. The molecule has 0 aromatic carbocycles. The summed E-state index contributed by atoms with van der Waals surface area (Å²) in [7, 11) is 3.78. The maximum absolute atomic E-state index is 10.4. The van der Waals surface area contributed by atoms with E-state index in [2.05, 4.69) is 10.3 Å². The predicted octanol–water partition coefficient (Wildman–Crippen LogP) is 1.10. The number of aromatic nitrogens is 1. The first-order valence-electron chi connectivity index (χ1n) is 4.61. The van der Waals surface area contributed by atoms with Gasteiger partial charge in [-0.3, -0.25) is 10.1 Å². The molecule has 6 nitrogen and oxygen atoms in total. The van der Waals surface area contributed by atoms with Crippen LogP contribution in [0.4, 0.5) is 10.1 Å². The molecule has 1 aromatic rings. The molecule has 84 valence electrons. The van der Waals surface area contributed by atoms with Gasteiger partial charge >= 0.3 is 5.00 Å². The van der Waals surface area contributed by atoms with Gasteiger partial charge in [-0.25, -0.2) is 4.98 Å². The van der Waals surface area contributed by atoms with Gasteiger partial charge in [-0.1, -0.05) is 0 Å². The average molecular weight is 230 g/mol. The number of nitro groups is 1. The van der Waals surface area contributed by atoms with E-state index < -0.39 is 4.92 Å². The van der Waals surface area contributed by atoms with Crippen LogP contribution in [0.15, 0.2) is 6.20 Å². The highest BCUT2D eigenvalue weighted by Crippen LogP contribution is 2.27. The van der Waals surface area contributed by atoms with Gasteiger partial charge in [-0.2, -0.15) is 0 Å². The van der Waals surface area contributed by atoms with Crippen molar-refractivity contribution in [2.45, 2.75) is 6.42 Å². The molecule has 0 atom stereocenters. The van der Waals surface area contributed by atoms with Crippen molar-refractivity contribution in [3.8, 4) is 0 Å². The molecule has 0 fully saturated rings. The standard InChI is InChI=1S/C8H14N4O2S/c1-9-4-3-5-11(2)8-10-6-7(15-8)12(13)14/h6,9H,3-5H2,1-2H3. The fourth-order valence-corrected chi connectivity index (χ4v) is 1.83. The Morgan fingerprint density at radius 1 is 1.73 bits per heavy atom. The Labute approximate surface area is 92.1 Å². The topological polar surface area (TPSA) is 71.3 Å². The highest BCUT2D eigenvalue weighted by atomic mass is 32.1. The molecule has 0 radical (unpaired) electrons. The molecule has 0 saturated carbocycles. The van der Waals surface area contributed by atoms with Gasteiger partial charge in [0.1, 0.15) is 6.20 Å². The van der Waals surface area contributed by atoms with Gasteiger partial charge in [0, 0.05) is 13.6 Å². The maximum Gasteiger partial charge on any atom is 0.345 e.